The van der Waals surface area contributed by atoms with E-state index in [2.05, 4.69) is 9.97 Å². The van der Waals surface area contributed by atoms with Crippen molar-refractivity contribution in [1.82, 2.24) is 14.5 Å². The van der Waals surface area contributed by atoms with E-state index >= 15 is 4.39 Å². The van der Waals surface area contributed by atoms with Gasteiger partial charge in [0.2, 0.25) is 0 Å². The maximum atomic E-state index is 15.1. The molecule has 2 heterocycles. The molecule has 6 heteroatoms. The van der Waals surface area contributed by atoms with Crippen LogP contribution in [0.4, 0.5) is 8.78 Å². The zero-order valence-corrected chi connectivity index (χ0v) is 12.8. The Morgan fingerprint density at radius 2 is 1.83 bits per heavy atom. The van der Waals surface area contributed by atoms with Crippen LogP contribution in [-0.2, 0) is 13.0 Å². The van der Waals surface area contributed by atoms with Crippen molar-refractivity contribution in [3.63, 3.8) is 0 Å². The van der Waals surface area contributed by atoms with Crippen molar-refractivity contribution in [2.45, 2.75) is 26.8 Å². The molecule has 0 fully saturated rings. The van der Waals surface area contributed by atoms with Gasteiger partial charge in [-0.15, -0.1) is 0 Å². The van der Waals surface area contributed by atoms with Gasteiger partial charge >= 0.3 is 0 Å². The van der Waals surface area contributed by atoms with Gasteiger partial charge in [0, 0.05) is 36.3 Å². The first kappa shape index (κ1) is 15.3. The third-order valence-corrected chi connectivity index (χ3v) is 3.90. The molecule has 0 saturated carbocycles. The van der Waals surface area contributed by atoms with Gasteiger partial charge in [0.25, 0.3) is 0 Å². The number of aromatic nitrogens is 3. The van der Waals surface area contributed by atoms with E-state index in [0.29, 0.717) is 18.7 Å². The molecule has 0 radical (unpaired) electrons. The third kappa shape index (κ3) is 2.40. The molecule has 1 aromatic carbocycles. The molecular formula is C17H15F2N3O. The highest BCUT2D eigenvalue weighted by molar-refractivity contribution is 5.86. The standard InChI is InChI=1S/C17H15F2N3O/c1-3-11-5-14(23)12-6-13(18)15(10-7-20-9-21-8-10)16(19)17(12)22(11)4-2/h5-9H,3-4H2,1-2H3. The van der Waals surface area contributed by atoms with Gasteiger partial charge in [0.05, 0.1) is 16.5 Å². The lowest BCUT2D eigenvalue weighted by molar-refractivity contribution is 0.588. The van der Waals surface area contributed by atoms with E-state index in [1.807, 2.05) is 13.8 Å². The molecule has 0 atom stereocenters. The quantitative estimate of drug-likeness (QED) is 0.745. The van der Waals surface area contributed by atoms with Gasteiger partial charge in [0.15, 0.2) is 11.2 Å². The lowest BCUT2D eigenvalue weighted by atomic mass is 10.0. The van der Waals surface area contributed by atoms with Crippen molar-refractivity contribution in [3.05, 3.63) is 58.4 Å². The van der Waals surface area contributed by atoms with Crippen LogP contribution >= 0.6 is 0 Å². The number of pyridine rings is 1. The van der Waals surface area contributed by atoms with Gasteiger partial charge in [-0.1, -0.05) is 6.92 Å². The largest absolute Gasteiger partial charge is 0.342 e. The fraction of sp³-hybridized carbons (Fsp3) is 0.235. The molecule has 0 aliphatic carbocycles. The summed E-state index contributed by atoms with van der Waals surface area (Å²) in [5.74, 6) is -1.56. The number of rotatable bonds is 3. The highest BCUT2D eigenvalue weighted by Gasteiger charge is 2.20. The van der Waals surface area contributed by atoms with E-state index in [9.17, 15) is 9.18 Å². The SMILES string of the molecule is CCc1cc(=O)c2cc(F)c(-c3cncnc3)c(F)c2n1CC. The fourth-order valence-corrected chi connectivity index (χ4v) is 2.86. The molecule has 0 N–H and O–H groups in total. The molecule has 0 bridgehead atoms. The summed E-state index contributed by atoms with van der Waals surface area (Å²) in [4.78, 5) is 19.8. The average molecular weight is 315 g/mol. The molecule has 0 saturated heterocycles. The topological polar surface area (TPSA) is 47.8 Å². The van der Waals surface area contributed by atoms with Gasteiger partial charge in [0.1, 0.15) is 12.1 Å². The molecule has 0 aliphatic rings. The Morgan fingerprint density at radius 1 is 1.13 bits per heavy atom. The minimum Gasteiger partial charge on any atom is -0.342 e. The predicted octanol–water partition coefficient (Wildman–Crippen LogP) is 3.32. The molecule has 0 amide bonds. The molecule has 0 unspecified atom stereocenters. The van der Waals surface area contributed by atoms with Crippen molar-refractivity contribution in [3.8, 4) is 11.1 Å². The number of fused-ring (bicyclic) bond motifs is 1. The highest BCUT2D eigenvalue weighted by atomic mass is 19.1. The molecule has 2 aromatic heterocycles. The number of nitrogens with zero attached hydrogens (tertiary/aromatic N) is 3. The van der Waals surface area contributed by atoms with Crippen LogP contribution < -0.4 is 5.43 Å². The maximum Gasteiger partial charge on any atom is 0.189 e. The second kappa shape index (κ2) is 5.87. The maximum absolute atomic E-state index is 15.1. The van der Waals surface area contributed by atoms with Gasteiger partial charge in [-0.25, -0.2) is 18.7 Å². The van der Waals surface area contributed by atoms with Crippen LogP contribution in [0.15, 0.2) is 35.6 Å². The minimum atomic E-state index is -0.797. The molecule has 3 rings (SSSR count). The van der Waals surface area contributed by atoms with Crippen molar-refractivity contribution < 1.29 is 8.78 Å². The molecular weight excluding hydrogens is 300 g/mol. The number of benzene rings is 1. The van der Waals surface area contributed by atoms with Crippen molar-refractivity contribution in [2.24, 2.45) is 0 Å². The Bertz CT molecular complexity index is 936. The highest BCUT2D eigenvalue weighted by Crippen LogP contribution is 2.30. The van der Waals surface area contributed by atoms with Crippen LogP contribution in [0.2, 0.25) is 0 Å². The molecule has 0 aliphatic heterocycles. The summed E-state index contributed by atoms with van der Waals surface area (Å²) in [6.45, 7) is 4.23. The third-order valence-electron chi connectivity index (χ3n) is 3.90. The van der Waals surface area contributed by atoms with E-state index in [1.165, 1.54) is 24.8 Å². The van der Waals surface area contributed by atoms with Crippen molar-refractivity contribution >= 4 is 10.9 Å². The van der Waals surface area contributed by atoms with Gasteiger partial charge < -0.3 is 4.57 Å². The van der Waals surface area contributed by atoms with E-state index in [0.717, 1.165) is 6.07 Å². The molecule has 0 spiro atoms. The van der Waals surface area contributed by atoms with Crippen LogP contribution in [0.3, 0.4) is 0 Å². The smallest absolute Gasteiger partial charge is 0.189 e. The number of hydrogen-bond acceptors (Lipinski definition) is 3. The van der Waals surface area contributed by atoms with Crippen LogP contribution in [0.1, 0.15) is 19.5 Å². The van der Waals surface area contributed by atoms with Crippen LogP contribution in [0.25, 0.3) is 22.0 Å². The molecule has 118 valence electrons. The molecule has 23 heavy (non-hydrogen) atoms. The number of halogens is 2. The van der Waals surface area contributed by atoms with Crippen LogP contribution in [0.5, 0.6) is 0 Å². The lowest BCUT2D eigenvalue weighted by Crippen LogP contribution is -2.15. The summed E-state index contributed by atoms with van der Waals surface area (Å²) >= 11 is 0. The van der Waals surface area contributed by atoms with Gasteiger partial charge in [-0.3, -0.25) is 4.79 Å². The van der Waals surface area contributed by atoms with Crippen molar-refractivity contribution in [2.75, 3.05) is 0 Å². The van der Waals surface area contributed by atoms with E-state index in [-0.39, 0.29) is 27.5 Å². The number of hydrogen-bond donors (Lipinski definition) is 0. The van der Waals surface area contributed by atoms with Gasteiger partial charge in [-0.2, -0.15) is 0 Å². The number of aryl methyl sites for hydroxylation is 2. The summed E-state index contributed by atoms with van der Waals surface area (Å²) in [6.07, 6.45) is 4.56. The minimum absolute atomic E-state index is 0.0413. The summed E-state index contributed by atoms with van der Waals surface area (Å²) in [5, 5.41) is 0.0413. The van der Waals surface area contributed by atoms with Gasteiger partial charge in [-0.05, 0) is 19.4 Å². The first-order chi connectivity index (χ1) is 11.1. The Labute approximate surface area is 131 Å². The first-order valence-electron chi connectivity index (χ1n) is 7.38. The Kier molecular flexibility index (Phi) is 3.90. The second-order valence-electron chi connectivity index (χ2n) is 5.17. The predicted molar refractivity (Wildman–Crippen MR) is 84.2 cm³/mol. The summed E-state index contributed by atoms with van der Waals surface area (Å²) in [5.41, 5.74) is 0.479. The van der Waals surface area contributed by atoms with Crippen LogP contribution in [-0.4, -0.2) is 14.5 Å². The van der Waals surface area contributed by atoms with Crippen molar-refractivity contribution in [1.29, 1.82) is 0 Å². The summed E-state index contributed by atoms with van der Waals surface area (Å²) in [6, 6.07) is 2.53. The summed E-state index contributed by atoms with van der Waals surface area (Å²) in [7, 11) is 0. The first-order valence-corrected chi connectivity index (χ1v) is 7.38. The zero-order chi connectivity index (χ0) is 16.6. The van der Waals surface area contributed by atoms with E-state index in [4.69, 9.17) is 0 Å². The fourth-order valence-electron chi connectivity index (χ4n) is 2.86. The van der Waals surface area contributed by atoms with E-state index < -0.39 is 11.6 Å². The Morgan fingerprint density at radius 3 is 2.43 bits per heavy atom. The lowest BCUT2D eigenvalue weighted by Gasteiger charge is -2.16. The van der Waals surface area contributed by atoms with Crippen LogP contribution in [0, 0.1) is 11.6 Å². The molecule has 3 aromatic rings. The Hall–Kier alpha value is -2.63. The average Bonchev–Trinajstić information content (AvgIpc) is 2.56. The monoisotopic (exact) mass is 315 g/mol. The summed E-state index contributed by atoms with van der Waals surface area (Å²) < 4.78 is 31.2. The molecule has 4 nitrogen and oxygen atoms in total. The zero-order valence-electron chi connectivity index (χ0n) is 12.8. The normalized spacial score (nSPS) is 11.1. The second-order valence-corrected chi connectivity index (χ2v) is 5.17. The Balaban J connectivity index is 2.49. The van der Waals surface area contributed by atoms with E-state index in [1.54, 1.807) is 4.57 Å².